The number of rotatable bonds is 6. The van der Waals surface area contributed by atoms with E-state index in [9.17, 15) is 4.79 Å². The van der Waals surface area contributed by atoms with Crippen LogP contribution in [0.2, 0.25) is 0 Å². The van der Waals surface area contributed by atoms with Gasteiger partial charge in [0.05, 0.1) is 5.54 Å². The Morgan fingerprint density at radius 3 is 2.47 bits per heavy atom. The van der Waals surface area contributed by atoms with E-state index in [-0.39, 0.29) is 5.54 Å². The summed E-state index contributed by atoms with van der Waals surface area (Å²) in [7, 11) is 0. The van der Waals surface area contributed by atoms with Crippen molar-refractivity contribution >= 4 is 5.91 Å². The second kappa shape index (κ2) is 6.23. The van der Waals surface area contributed by atoms with Crippen molar-refractivity contribution in [1.29, 1.82) is 0 Å². The molecule has 1 aliphatic heterocycles. The van der Waals surface area contributed by atoms with Crippen LogP contribution in [-0.4, -0.2) is 60.0 Å². The minimum atomic E-state index is -0.349. The third-order valence-corrected chi connectivity index (χ3v) is 4.43. The van der Waals surface area contributed by atoms with Gasteiger partial charge in [-0.2, -0.15) is 0 Å². The molecule has 1 saturated carbocycles. The fourth-order valence-corrected chi connectivity index (χ4v) is 2.88. The van der Waals surface area contributed by atoms with Gasteiger partial charge >= 0.3 is 0 Å². The summed E-state index contributed by atoms with van der Waals surface area (Å²) in [5, 5.41) is 3.36. The lowest BCUT2D eigenvalue weighted by Gasteiger charge is -2.42. The number of amides is 1. The molecule has 0 aromatic carbocycles. The number of nitrogens with one attached hydrogen (secondary N) is 1. The van der Waals surface area contributed by atoms with E-state index in [0.29, 0.717) is 11.9 Å². The summed E-state index contributed by atoms with van der Waals surface area (Å²) in [6.45, 7) is 11.3. The first-order valence-corrected chi connectivity index (χ1v) is 7.84. The standard InChI is InChI=1S/C15H29N3O/c1-4-5-10-18(13-6-7-13)14(19)15(2,3)17-11-8-16-9-12-17/h13,16H,4-12H2,1-3H3. The molecule has 4 heteroatoms. The Hall–Kier alpha value is -0.610. The average molecular weight is 267 g/mol. The van der Waals surface area contributed by atoms with Crippen molar-refractivity contribution in [1.82, 2.24) is 15.1 Å². The van der Waals surface area contributed by atoms with Crippen LogP contribution in [0.15, 0.2) is 0 Å². The van der Waals surface area contributed by atoms with Crippen LogP contribution in [-0.2, 0) is 4.79 Å². The van der Waals surface area contributed by atoms with E-state index >= 15 is 0 Å². The lowest BCUT2D eigenvalue weighted by atomic mass is 9.99. The molecule has 0 radical (unpaired) electrons. The van der Waals surface area contributed by atoms with Crippen molar-refractivity contribution < 1.29 is 4.79 Å². The number of hydrogen-bond donors (Lipinski definition) is 1. The van der Waals surface area contributed by atoms with E-state index in [1.165, 1.54) is 12.8 Å². The van der Waals surface area contributed by atoms with Crippen molar-refractivity contribution in [3.05, 3.63) is 0 Å². The zero-order chi connectivity index (χ0) is 13.9. The molecule has 4 nitrogen and oxygen atoms in total. The third-order valence-electron chi connectivity index (χ3n) is 4.43. The zero-order valence-electron chi connectivity index (χ0n) is 12.7. The topological polar surface area (TPSA) is 35.6 Å². The molecule has 1 aliphatic carbocycles. The highest BCUT2D eigenvalue weighted by molar-refractivity contribution is 5.86. The van der Waals surface area contributed by atoms with Crippen LogP contribution < -0.4 is 5.32 Å². The first kappa shape index (κ1) is 14.8. The predicted molar refractivity (Wildman–Crippen MR) is 78.2 cm³/mol. The molecular weight excluding hydrogens is 238 g/mol. The van der Waals surface area contributed by atoms with E-state index in [1.807, 2.05) is 0 Å². The van der Waals surface area contributed by atoms with Crippen LogP contribution in [0.3, 0.4) is 0 Å². The van der Waals surface area contributed by atoms with E-state index in [1.54, 1.807) is 0 Å². The summed E-state index contributed by atoms with van der Waals surface area (Å²) >= 11 is 0. The van der Waals surface area contributed by atoms with E-state index in [4.69, 9.17) is 0 Å². The molecule has 1 amide bonds. The number of piperazine rings is 1. The van der Waals surface area contributed by atoms with Gasteiger partial charge in [0.25, 0.3) is 0 Å². The second-order valence-corrected chi connectivity index (χ2v) is 6.38. The number of hydrogen-bond acceptors (Lipinski definition) is 3. The van der Waals surface area contributed by atoms with Crippen LogP contribution in [0.1, 0.15) is 46.5 Å². The van der Waals surface area contributed by atoms with Crippen molar-refractivity contribution in [3.63, 3.8) is 0 Å². The smallest absolute Gasteiger partial charge is 0.242 e. The van der Waals surface area contributed by atoms with Crippen LogP contribution in [0.4, 0.5) is 0 Å². The Morgan fingerprint density at radius 1 is 1.32 bits per heavy atom. The molecular formula is C15H29N3O. The Bertz CT molecular complexity index is 307. The molecule has 2 rings (SSSR count). The molecule has 1 N–H and O–H groups in total. The van der Waals surface area contributed by atoms with E-state index < -0.39 is 0 Å². The van der Waals surface area contributed by atoms with Crippen molar-refractivity contribution in [2.45, 2.75) is 58.0 Å². The first-order chi connectivity index (χ1) is 9.07. The van der Waals surface area contributed by atoms with Gasteiger partial charge in [-0.3, -0.25) is 9.69 Å². The molecule has 0 aromatic heterocycles. The summed E-state index contributed by atoms with van der Waals surface area (Å²) in [6, 6.07) is 0.529. The Labute approximate surface area is 117 Å². The number of nitrogens with zero attached hydrogens (tertiary/aromatic N) is 2. The molecule has 2 fully saturated rings. The minimum absolute atomic E-state index is 0.338. The fraction of sp³-hybridized carbons (Fsp3) is 0.933. The summed E-state index contributed by atoms with van der Waals surface area (Å²) in [4.78, 5) is 17.4. The van der Waals surface area contributed by atoms with Crippen LogP contribution in [0.25, 0.3) is 0 Å². The highest BCUT2D eigenvalue weighted by Crippen LogP contribution is 2.30. The second-order valence-electron chi connectivity index (χ2n) is 6.38. The molecule has 2 aliphatic rings. The highest BCUT2D eigenvalue weighted by Gasteiger charge is 2.42. The Morgan fingerprint density at radius 2 is 1.95 bits per heavy atom. The molecule has 1 heterocycles. The summed E-state index contributed by atoms with van der Waals surface area (Å²) in [6.07, 6.45) is 4.69. The molecule has 0 spiro atoms. The average Bonchev–Trinajstić information content (AvgIpc) is 3.24. The summed E-state index contributed by atoms with van der Waals surface area (Å²) in [5.41, 5.74) is -0.349. The Kier molecular flexibility index (Phi) is 4.85. The Balaban J connectivity index is 2.01. The van der Waals surface area contributed by atoms with E-state index in [2.05, 4.69) is 35.9 Å². The van der Waals surface area contributed by atoms with Gasteiger partial charge < -0.3 is 10.2 Å². The maximum absolute atomic E-state index is 12.9. The monoisotopic (exact) mass is 267 g/mol. The molecule has 0 bridgehead atoms. The zero-order valence-corrected chi connectivity index (χ0v) is 12.7. The maximum atomic E-state index is 12.9. The number of carbonyl (C=O) groups excluding carboxylic acids is 1. The third kappa shape index (κ3) is 3.48. The quantitative estimate of drug-likeness (QED) is 0.791. The molecule has 0 unspecified atom stereocenters. The summed E-state index contributed by atoms with van der Waals surface area (Å²) in [5.74, 6) is 0.338. The largest absolute Gasteiger partial charge is 0.338 e. The lowest BCUT2D eigenvalue weighted by molar-refractivity contribution is -0.144. The number of unbranched alkanes of at least 4 members (excludes halogenated alkanes) is 1. The highest BCUT2D eigenvalue weighted by atomic mass is 16.2. The summed E-state index contributed by atoms with van der Waals surface area (Å²) < 4.78 is 0. The molecule has 110 valence electrons. The predicted octanol–water partition coefficient (Wildman–Crippen LogP) is 1.46. The van der Waals surface area contributed by atoms with Gasteiger partial charge in [-0.05, 0) is 33.1 Å². The molecule has 1 saturated heterocycles. The molecule has 19 heavy (non-hydrogen) atoms. The van der Waals surface area contributed by atoms with Gasteiger partial charge in [-0.1, -0.05) is 13.3 Å². The fourth-order valence-electron chi connectivity index (χ4n) is 2.88. The van der Waals surface area contributed by atoms with Gasteiger partial charge in [-0.15, -0.1) is 0 Å². The van der Waals surface area contributed by atoms with Gasteiger partial charge in [0, 0.05) is 38.8 Å². The van der Waals surface area contributed by atoms with Gasteiger partial charge in [0.1, 0.15) is 0 Å². The lowest BCUT2D eigenvalue weighted by Crippen LogP contribution is -2.61. The number of carbonyl (C=O) groups is 1. The van der Waals surface area contributed by atoms with E-state index in [0.717, 1.165) is 45.6 Å². The van der Waals surface area contributed by atoms with Crippen LogP contribution >= 0.6 is 0 Å². The SMILES string of the molecule is CCCCN(C(=O)C(C)(C)N1CCNCC1)C1CC1. The van der Waals surface area contributed by atoms with Crippen molar-refractivity contribution in [2.75, 3.05) is 32.7 Å². The van der Waals surface area contributed by atoms with Gasteiger partial charge in [-0.25, -0.2) is 0 Å². The van der Waals surface area contributed by atoms with Crippen molar-refractivity contribution in [2.24, 2.45) is 0 Å². The molecule has 0 atom stereocenters. The van der Waals surface area contributed by atoms with Crippen LogP contribution in [0.5, 0.6) is 0 Å². The van der Waals surface area contributed by atoms with Crippen LogP contribution in [0, 0.1) is 0 Å². The first-order valence-electron chi connectivity index (χ1n) is 7.84. The van der Waals surface area contributed by atoms with Gasteiger partial charge in [0.2, 0.25) is 5.91 Å². The normalized spacial score (nSPS) is 21.4. The maximum Gasteiger partial charge on any atom is 0.242 e. The van der Waals surface area contributed by atoms with Gasteiger partial charge in [0.15, 0.2) is 0 Å². The van der Waals surface area contributed by atoms with Crippen molar-refractivity contribution in [3.8, 4) is 0 Å². The minimum Gasteiger partial charge on any atom is -0.338 e. The molecule has 0 aromatic rings.